The molecule has 2 amide bonds. The number of carbonyl (C=O) groups is 2. The fraction of sp³-hybridized carbons (Fsp3) is 0.0800. The van der Waals surface area contributed by atoms with Gasteiger partial charge in [-0.15, -0.1) is 0 Å². The number of fused-ring (bicyclic) bond motifs is 2. The fourth-order valence-corrected chi connectivity index (χ4v) is 4.29. The number of hydrogen-bond acceptors (Lipinski definition) is 5. The predicted molar refractivity (Wildman–Crippen MR) is 126 cm³/mol. The lowest BCUT2D eigenvalue weighted by molar-refractivity contribution is -0.119. The summed E-state index contributed by atoms with van der Waals surface area (Å²) < 4.78 is 25.9. The highest BCUT2D eigenvalue weighted by molar-refractivity contribution is 9.10. The summed E-state index contributed by atoms with van der Waals surface area (Å²) in [4.78, 5) is 39.5. The maximum Gasteiger partial charge on any atom is 0.295 e. The Kier molecular flexibility index (Phi) is 5.41. The summed E-state index contributed by atoms with van der Waals surface area (Å²) in [6.07, 6.45) is 0. The monoisotopic (exact) mass is 522 g/mol. The molecule has 2 N–H and O–H groups in total. The van der Waals surface area contributed by atoms with Crippen LogP contribution in [-0.2, 0) is 4.79 Å². The average Bonchev–Trinajstić information content (AvgIpc) is 3.11. The van der Waals surface area contributed by atoms with Crippen LogP contribution >= 0.6 is 15.9 Å². The second-order valence-electron chi connectivity index (χ2n) is 7.69. The van der Waals surface area contributed by atoms with E-state index in [1.807, 2.05) is 0 Å². The summed E-state index contributed by atoms with van der Waals surface area (Å²) in [5.41, 5.74) is 6.04. The van der Waals surface area contributed by atoms with E-state index >= 15 is 0 Å². The van der Waals surface area contributed by atoms with Gasteiger partial charge in [-0.25, -0.2) is 4.39 Å². The van der Waals surface area contributed by atoms with Crippen molar-refractivity contribution in [2.24, 2.45) is 5.73 Å². The van der Waals surface area contributed by atoms with Crippen LogP contribution in [0.3, 0.4) is 0 Å². The van der Waals surface area contributed by atoms with Crippen molar-refractivity contribution >= 4 is 44.4 Å². The van der Waals surface area contributed by atoms with Crippen LogP contribution in [0.25, 0.3) is 11.0 Å². The van der Waals surface area contributed by atoms with Crippen LogP contribution in [0.4, 0.5) is 10.1 Å². The van der Waals surface area contributed by atoms with E-state index in [1.54, 1.807) is 48.5 Å². The van der Waals surface area contributed by atoms with Gasteiger partial charge in [0.25, 0.3) is 11.8 Å². The molecule has 0 fully saturated rings. The van der Waals surface area contributed by atoms with Crippen molar-refractivity contribution in [3.63, 3.8) is 0 Å². The first-order chi connectivity index (χ1) is 16.3. The summed E-state index contributed by atoms with van der Waals surface area (Å²) in [7, 11) is 0. The third-order valence-electron chi connectivity index (χ3n) is 5.51. The van der Waals surface area contributed by atoms with Gasteiger partial charge in [-0.2, -0.15) is 0 Å². The van der Waals surface area contributed by atoms with Gasteiger partial charge in [0.05, 0.1) is 17.0 Å². The molecule has 0 bridgehead atoms. The Morgan fingerprint density at radius 1 is 1.06 bits per heavy atom. The molecule has 0 saturated carbocycles. The number of ether oxygens (including phenoxy) is 1. The molecule has 1 aliphatic heterocycles. The van der Waals surface area contributed by atoms with Crippen molar-refractivity contribution in [1.82, 2.24) is 0 Å². The van der Waals surface area contributed by atoms with Gasteiger partial charge in [-0.3, -0.25) is 19.3 Å². The zero-order chi connectivity index (χ0) is 24.0. The minimum absolute atomic E-state index is 0.0515. The smallest absolute Gasteiger partial charge is 0.295 e. The first-order valence-corrected chi connectivity index (χ1v) is 11.0. The molecule has 4 aromatic rings. The lowest BCUT2D eigenvalue weighted by Gasteiger charge is -2.25. The molecule has 1 unspecified atom stereocenters. The van der Waals surface area contributed by atoms with Gasteiger partial charge < -0.3 is 14.9 Å². The largest absolute Gasteiger partial charge is 0.484 e. The van der Waals surface area contributed by atoms with E-state index in [9.17, 15) is 18.8 Å². The molecule has 0 saturated heterocycles. The lowest BCUT2D eigenvalue weighted by Crippen LogP contribution is -2.29. The number of nitrogens with two attached hydrogens (primary N) is 1. The van der Waals surface area contributed by atoms with Crippen LogP contribution in [0.15, 0.2) is 80.4 Å². The van der Waals surface area contributed by atoms with Crippen LogP contribution < -0.4 is 20.8 Å². The summed E-state index contributed by atoms with van der Waals surface area (Å²) in [6, 6.07) is 16.4. The van der Waals surface area contributed by atoms with Crippen LogP contribution in [0.5, 0.6) is 5.75 Å². The standard InChI is InChI=1S/C25H16BrFN2O5/c26-14-3-6-16(7-4-14)29-22(13-1-8-17(9-2-13)33-12-20(28)30)21-23(31)18-11-15(27)5-10-19(18)34-24(21)25(29)32/h1-11,22H,12H2,(H2,28,30). The highest BCUT2D eigenvalue weighted by atomic mass is 79.9. The minimum Gasteiger partial charge on any atom is -0.484 e. The van der Waals surface area contributed by atoms with Gasteiger partial charge in [-0.1, -0.05) is 28.1 Å². The van der Waals surface area contributed by atoms with E-state index in [0.29, 0.717) is 17.0 Å². The number of benzene rings is 3. The third-order valence-corrected chi connectivity index (χ3v) is 6.04. The molecule has 0 aliphatic carbocycles. The van der Waals surface area contributed by atoms with Gasteiger partial charge in [0, 0.05) is 10.2 Å². The van der Waals surface area contributed by atoms with Crippen molar-refractivity contribution in [2.45, 2.75) is 6.04 Å². The summed E-state index contributed by atoms with van der Waals surface area (Å²) in [5.74, 6) is -1.38. The average molecular weight is 523 g/mol. The van der Waals surface area contributed by atoms with E-state index in [1.165, 1.54) is 17.0 Å². The molecule has 3 aromatic carbocycles. The molecule has 0 spiro atoms. The molecule has 170 valence electrons. The summed E-state index contributed by atoms with van der Waals surface area (Å²) in [6.45, 7) is -0.281. The number of halogens is 2. The normalized spacial score (nSPS) is 14.9. The van der Waals surface area contributed by atoms with Gasteiger partial charge >= 0.3 is 0 Å². The number of primary amides is 1. The van der Waals surface area contributed by atoms with Gasteiger partial charge in [-0.05, 0) is 60.2 Å². The van der Waals surface area contributed by atoms with Crippen molar-refractivity contribution in [2.75, 3.05) is 11.5 Å². The highest BCUT2D eigenvalue weighted by Gasteiger charge is 2.43. The van der Waals surface area contributed by atoms with E-state index in [0.717, 1.165) is 10.5 Å². The maximum absolute atomic E-state index is 13.9. The Morgan fingerprint density at radius 3 is 2.44 bits per heavy atom. The first-order valence-electron chi connectivity index (χ1n) is 10.2. The Morgan fingerprint density at radius 2 is 1.76 bits per heavy atom. The molecule has 1 aromatic heterocycles. The maximum atomic E-state index is 13.9. The predicted octanol–water partition coefficient (Wildman–Crippen LogP) is 4.31. The van der Waals surface area contributed by atoms with Crippen molar-refractivity contribution in [3.8, 4) is 5.75 Å². The Bertz CT molecular complexity index is 1500. The number of carbonyl (C=O) groups excluding carboxylic acids is 2. The number of nitrogens with zero attached hydrogens (tertiary/aromatic N) is 1. The molecule has 1 atom stereocenters. The first kappa shape index (κ1) is 21.8. The lowest BCUT2D eigenvalue weighted by atomic mass is 9.98. The van der Waals surface area contributed by atoms with Crippen molar-refractivity contribution in [3.05, 3.63) is 104 Å². The molecule has 5 rings (SSSR count). The molecular formula is C25H16BrFN2O5. The number of hydrogen-bond donors (Lipinski definition) is 1. The minimum atomic E-state index is -0.821. The summed E-state index contributed by atoms with van der Waals surface area (Å²) in [5, 5.41) is 0.0515. The molecular weight excluding hydrogens is 507 g/mol. The third kappa shape index (κ3) is 3.73. The Balaban J connectivity index is 1.69. The number of anilines is 1. The molecule has 1 aliphatic rings. The van der Waals surface area contributed by atoms with Gasteiger partial charge in [0.15, 0.2) is 12.0 Å². The molecule has 9 heteroatoms. The van der Waals surface area contributed by atoms with Crippen LogP contribution in [-0.4, -0.2) is 18.4 Å². The number of rotatable bonds is 5. The summed E-state index contributed by atoms with van der Waals surface area (Å²) >= 11 is 3.38. The SMILES string of the molecule is NC(=O)COc1ccc(C2c3c(oc4ccc(F)cc4c3=O)C(=O)N2c2ccc(Br)cc2)cc1. The zero-order valence-corrected chi connectivity index (χ0v) is 19.0. The van der Waals surface area contributed by atoms with Gasteiger partial charge in [0.2, 0.25) is 5.76 Å². The zero-order valence-electron chi connectivity index (χ0n) is 17.5. The van der Waals surface area contributed by atoms with Crippen molar-refractivity contribution < 1.29 is 23.1 Å². The highest BCUT2D eigenvalue weighted by Crippen LogP contribution is 2.41. The van der Waals surface area contributed by atoms with Crippen LogP contribution in [0, 0.1) is 5.82 Å². The fourth-order valence-electron chi connectivity index (χ4n) is 4.03. The van der Waals surface area contributed by atoms with Gasteiger partial charge in [0.1, 0.15) is 17.1 Å². The van der Waals surface area contributed by atoms with E-state index < -0.39 is 29.1 Å². The Labute approximate surface area is 200 Å². The van der Waals surface area contributed by atoms with Crippen LogP contribution in [0.2, 0.25) is 0 Å². The second-order valence-corrected chi connectivity index (χ2v) is 8.61. The topological polar surface area (TPSA) is 103 Å². The Hall–Kier alpha value is -3.98. The van der Waals surface area contributed by atoms with E-state index in [4.69, 9.17) is 14.9 Å². The molecule has 7 nitrogen and oxygen atoms in total. The molecule has 0 radical (unpaired) electrons. The van der Waals surface area contributed by atoms with E-state index in [2.05, 4.69) is 15.9 Å². The van der Waals surface area contributed by atoms with E-state index in [-0.39, 0.29) is 28.9 Å². The van der Waals surface area contributed by atoms with Crippen LogP contribution in [0.1, 0.15) is 27.7 Å². The number of amides is 2. The molecule has 2 heterocycles. The quantitative estimate of drug-likeness (QED) is 0.420. The second kappa shape index (κ2) is 8.42. The molecule has 34 heavy (non-hydrogen) atoms. The van der Waals surface area contributed by atoms with Crippen molar-refractivity contribution in [1.29, 1.82) is 0 Å².